The number of amides is 3. The van der Waals surface area contributed by atoms with Crippen LogP contribution in [0.2, 0.25) is 0 Å². The second kappa shape index (κ2) is 8.80. The number of ether oxygens (including phenoxy) is 1. The third-order valence-electron chi connectivity index (χ3n) is 5.78. The number of carbonyl (C=O) groups is 4. The van der Waals surface area contributed by atoms with Crippen LogP contribution in [0.3, 0.4) is 0 Å². The largest absolute Gasteiger partial charge is 0.458 e. The van der Waals surface area contributed by atoms with E-state index in [4.69, 9.17) is 10.5 Å². The number of esters is 1. The molecule has 3 N–H and O–H groups in total. The average Bonchev–Trinajstić information content (AvgIpc) is 3.18. The Morgan fingerprint density at radius 2 is 1.72 bits per heavy atom. The number of nitrogens with zero attached hydrogens (tertiary/aromatic N) is 2. The van der Waals surface area contributed by atoms with Crippen molar-refractivity contribution in [3.05, 3.63) is 71.8 Å². The van der Waals surface area contributed by atoms with E-state index in [2.05, 4.69) is 5.32 Å². The van der Waals surface area contributed by atoms with Gasteiger partial charge in [0.05, 0.1) is 6.04 Å². The Morgan fingerprint density at radius 3 is 2.34 bits per heavy atom. The number of nitrogens with one attached hydrogen (secondary N) is 1. The van der Waals surface area contributed by atoms with Gasteiger partial charge >= 0.3 is 5.97 Å². The highest BCUT2D eigenvalue weighted by Crippen LogP contribution is 2.33. The summed E-state index contributed by atoms with van der Waals surface area (Å²) in [5.41, 5.74) is 7.43. The first kappa shape index (κ1) is 21.5. The summed E-state index contributed by atoms with van der Waals surface area (Å²) >= 11 is 0. The minimum Gasteiger partial charge on any atom is -0.458 e. The maximum absolute atomic E-state index is 12.8. The van der Waals surface area contributed by atoms with Crippen LogP contribution in [-0.4, -0.2) is 58.3 Å². The molecule has 3 unspecified atom stereocenters. The van der Waals surface area contributed by atoms with Gasteiger partial charge in [-0.2, -0.15) is 0 Å². The van der Waals surface area contributed by atoms with E-state index in [1.54, 1.807) is 24.3 Å². The molecule has 0 aromatic heterocycles. The van der Waals surface area contributed by atoms with Crippen molar-refractivity contribution < 1.29 is 23.9 Å². The van der Waals surface area contributed by atoms with Crippen LogP contribution in [0.1, 0.15) is 24.1 Å². The Morgan fingerprint density at radius 1 is 1.09 bits per heavy atom. The Kier molecular flexibility index (Phi) is 5.91. The summed E-state index contributed by atoms with van der Waals surface area (Å²) in [5.74, 6) is -2.00. The van der Waals surface area contributed by atoms with E-state index in [-0.39, 0.29) is 19.1 Å². The van der Waals surface area contributed by atoms with Crippen molar-refractivity contribution in [1.29, 1.82) is 0 Å². The lowest BCUT2D eigenvalue weighted by Crippen LogP contribution is -2.72. The molecule has 32 heavy (non-hydrogen) atoms. The van der Waals surface area contributed by atoms with Gasteiger partial charge in [0.2, 0.25) is 23.9 Å². The van der Waals surface area contributed by atoms with Gasteiger partial charge in [-0.25, -0.2) is 4.79 Å². The first-order valence-electron chi connectivity index (χ1n) is 10.3. The predicted octanol–water partition coefficient (Wildman–Crippen LogP) is 0.314. The zero-order chi connectivity index (χ0) is 22.8. The molecule has 0 spiro atoms. The molecule has 2 fully saturated rings. The van der Waals surface area contributed by atoms with Gasteiger partial charge in [-0.05, 0) is 11.1 Å². The number of hydrogen-bond donors (Lipinski definition) is 2. The third-order valence-corrected chi connectivity index (χ3v) is 5.78. The zero-order valence-electron chi connectivity index (χ0n) is 17.5. The van der Waals surface area contributed by atoms with Crippen LogP contribution >= 0.6 is 0 Å². The fourth-order valence-electron chi connectivity index (χ4n) is 4.07. The molecule has 0 bridgehead atoms. The summed E-state index contributed by atoms with van der Waals surface area (Å²) in [7, 11) is 0. The van der Waals surface area contributed by atoms with E-state index in [0.717, 1.165) is 5.56 Å². The van der Waals surface area contributed by atoms with E-state index in [0.29, 0.717) is 5.56 Å². The van der Waals surface area contributed by atoms with Gasteiger partial charge in [0.15, 0.2) is 0 Å². The first-order valence-corrected chi connectivity index (χ1v) is 10.3. The molecule has 0 saturated carbocycles. The van der Waals surface area contributed by atoms with E-state index in [9.17, 15) is 19.2 Å². The van der Waals surface area contributed by atoms with Crippen molar-refractivity contribution in [2.75, 3.05) is 6.54 Å². The fraction of sp³-hybridized carbons (Fsp3) is 0.304. The number of β-lactam (4-membered cyclic amide) rings is 1. The van der Waals surface area contributed by atoms with Crippen molar-refractivity contribution in [2.24, 2.45) is 5.73 Å². The summed E-state index contributed by atoms with van der Waals surface area (Å²) < 4.78 is 5.37. The molecule has 9 nitrogen and oxygen atoms in total. The molecule has 0 aliphatic carbocycles. The molecule has 2 aromatic carbocycles. The Bertz CT molecular complexity index is 1030. The molecular formula is C23H24N4O5. The molecule has 166 valence electrons. The molecule has 2 saturated heterocycles. The summed E-state index contributed by atoms with van der Waals surface area (Å²) in [6.07, 6.45) is -1.15. The topological polar surface area (TPSA) is 122 Å². The minimum absolute atomic E-state index is 0.0285. The van der Waals surface area contributed by atoms with Gasteiger partial charge in [-0.15, -0.1) is 0 Å². The smallest absolute Gasteiger partial charge is 0.350 e. The van der Waals surface area contributed by atoms with E-state index in [1.807, 2.05) is 36.4 Å². The van der Waals surface area contributed by atoms with Gasteiger partial charge in [0.25, 0.3) is 0 Å². The number of fused-ring (bicyclic) bond motifs is 1. The van der Waals surface area contributed by atoms with Crippen molar-refractivity contribution in [1.82, 2.24) is 15.1 Å². The molecule has 2 aliphatic heterocycles. The highest BCUT2D eigenvalue weighted by Gasteiger charge is 2.61. The van der Waals surface area contributed by atoms with E-state index < -0.39 is 42.1 Å². The maximum Gasteiger partial charge on any atom is 0.350 e. The molecular weight excluding hydrogens is 412 g/mol. The zero-order valence-corrected chi connectivity index (χ0v) is 17.5. The predicted molar refractivity (Wildman–Crippen MR) is 113 cm³/mol. The lowest BCUT2D eigenvalue weighted by Gasteiger charge is -2.43. The first-order chi connectivity index (χ1) is 15.4. The maximum atomic E-state index is 12.8. The molecule has 9 heteroatoms. The molecule has 0 radical (unpaired) electrons. The molecule has 4 rings (SSSR count). The van der Waals surface area contributed by atoms with Gasteiger partial charge in [-0.1, -0.05) is 60.7 Å². The van der Waals surface area contributed by atoms with Crippen LogP contribution in [0.4, 0.5) is 0 Å². The fourth-order valence-corrected chi connectivity index (χ4v) is 4.07. The SMILES string of the molecule is CC(=O)N1CC2[C@H](NC(=O)C(N)c3ccccc3)C(=O)N2C1C(=O)OCc1ccccc1. The van der Waals surface area contributed by atoms with Gasteiger partial charge in [0, 0.05) is 13.5 Å². The highest BCUT2D eigenvalue weighted by molar-refractivity contribution is 5.99. The van der Waals surface area contributed by atoms with Gasteiger partial charge in [0.1, 0.15) is 18.7 Å². The van der Waals surface area contributed by atoms with Crippen molar-refractivity contribution in [3.8, 4) is 0 Å². The number of rotatable bonds is 6. The van der Waals surface area contributed by atoms with Crippen LogP contribution in [0.15, 0.2) is 60.7 Å². The van der Waals surface area contributed by atoms with Gasteiger partial charge < -0.3 is 25.6 Å². The van der Waals surface area contributed by atoms with Crippen molar-refractivity contribution >= 4 is 23.7 Å². The Balaban J connectivity index is 1.43. The Hall–Kier alpha value is -3.72. The number of nitrogens with two attached hydrogens (primary N) is 1. The number of hydrogen-bond acceptors (Lipinski definition) is 6. The second-order valence-electron chi connectivity index (χ2n) is 7.83. The van der Waals surface area contributed by atoms with Crippen molar-refractivity contribution in [3.63, 3.8) is 0 Å². The molecule has 3 amide bonds. The molecule has 2 aromatic rings. The number of benzene rings is 2. The Labute approximate surface area is 185 Å². The highest BCUT2D eigenvalue weighted by atomic mass is 16.5. The van der Waals surface area contributed by atoms with Crippen LogP contribution in [-0.2, 0) is 30.5 Å². The monoisotopic (exact) mass is 436 g/mol. The third kappa shape index (κ3) is 3.94. The van der Waals surface area contributed by atoms with E-state index >= 15 is 0 Å². The van der Waals surface area contributed by atoms with Crippen LogP contribution in [0.25, 0.3) is 0 Å². The van der Waals surface area contributed by atoms with Crippen LogP contribution in [0.5, 0.6) is 0 Å². The number of carbonyl (C=O) groups excluding carboxylic acids is 4. The summed E-state index contributed by atoms with van der Waals surface area (Å²) in [4.78, 5) is 52.9. The van der Waals surface area contributed by atoms with Crippen LogP contribution < -0.4 is 11.1 Å². The molecule has 2 heterocycles. The second-order valence-corrected chi connectivity index (χ2v) is 7.83. The average molecular weight is 436 g/mol. The summed E-state index contributed by atoms with van der Waals surface area (Å²) in [6.45, 7) is 1.48. The van der Waals surface area contributed by atoms with E-state index in [1.165, 1.54) is 16.7 Å². The quantitative estimate of drug-likeness (QED) is 0.497. The standard InChI is InChI=1S/C23H24N4O5/c1-14(28)26-12-17-19(25-20(29)18(24)16-10-6-3-7-11-16)22(30)27(17)21(26)23(31)32-13-15-8-4-2-5-9-15/h2-11,17-19,21H,12-13,24H2,1H3,(H,25,29)/t17?,18?,19-,21?/m0/s1. The lowest BCUT2D eigenvalue weighted by atomic mass is 9.95. The van der Waals surface area contributed by atoms with Crippen LogP contribution in [0, 0.1) is 0 Å². The summed E-state index contributed by atoms with van der Waals surface area (Å²) in [6, 6.07) is 15.6. The molecule has 2 aliphatic rings. The minimum atomic E-state index is -1.15. The van der Waals surface area contributed by atoms with Crippen molar-refractivity contribution in [2.45, 2.75) is 37.8 Å². The molecule has 4 atom stereocenters. The normalized spacial score (nSPS) is 22.6. The lowest BCUT2D eigenvalue weighted by molar-refractivity contribution is -0.170. The van der Waals surface area contributed by atoms with Gasteiger partial charge in [-0.3, -0.25) is 14.4 Å². The summed E-state index contributed by atoms with van der Waals surface area (Å²) in [5, 5.41) is 2.67.